The highest BCUT2D eigenvalue weighted by molar-refractivity contribution is 7.16. The summed E-state index contributed by atoms with van der Waals surface area (Å²) < 4.78 is 0.841. The van der Waals surface area contributed by atoms with Crippen LogP contribution in [0.4, 0.5) is 0 Å². The Bertz CT molecular complexity index is 441. The molecule has 0 radical (unpaired) electrons. The first-order chi connectivity index (χ1) is 7.75. The van der Waals surface area contributed by atoms with Crippen LogP contribution >= 0.6 is 22.9 Å². The van der Waals surface area contributed by atoms with Gasteiger partial charge in [-0.3, -0.25) is 4.98 Å². The van der Waals surface area contributed by atoms with Gasteiger partial charge in [0.2, 0.25) is 0 Å². The van der Waals surface area contributed by atoms with E-state index in [1.54, 1.807) is 11.3 Å². The van der Waals surface area contributed by atoms with Gasteiger partial charge in [-0.2, -0.15) is 0 Å². The third-order valence-corrected chi connectivity index (χ3v) is 3.65. The van der Waals surface area contributed by atoms with Gasteiger partial charge in [-0.15, -0.1) is 11.3 Å². The minimum atomic E-state index is 0.323. The Labute approximate surface area is 104 Å². The molecule has 1 N–H and O–H groups in total. The molecule has 2 nitrogen and oxygen atoms in total. The first-order valence-electron chi connectivity index (χ1n) is 5.13. The molecule has 0 aromatic carbocycles. The predicted molar refractivity (Wildman–Crippen MR) is 68.8 cm³/mol. The summed E-state index contributed by atoms with van der Waals surface area (Å²) >= 11 is 7.49. The molecule has 0 fully saturated rings. The number of rotatable bonds is 4. The third-order valence-electron chi connectivity index (χ3n) is 2.42. The van der Waals surface area contributed by atoms with Gasteiger partial charge in [0.05, 0.1) is 4.34 Å². The summed E-state index contributed by atoms with van der Waals surface area (Å²) in [7, 11) is 0. The van der Waals surface area contributed by atoms with Gasteiger partial charge in [-0.05, 0) is 36.8 Å². The molecule has 0 aliphatic rings. The van der Waals surface area contributed by atoms with Crippen molar-refractivity contribution in [1.82, 2.24) is 10.3 Å². The maximum Gasteiger partial charge on any atom is 0.0931 e. The van der Waals surface area contributed by atoms with Gasteiger partial charge >= 0.3 is 0 Å². The van der Waals surface area contributed by atoms with E-state index in [4.69, 9.17) is 11.6 Å². The van der Waals surface area contributed by atoms with Crippen molar-refractivity contribution in [2.45, 2.75) is 19.5 Å². The molecule has 0 bridgehead atoms. The van der Waals surface area contributed by atoms with Crippen molar-refractivity contribution in [2.75, 3.05) is 0 Å². The predicted octanol–water partition coefficient (Wildman–Crippen LogP) is 3.65. The normalized spacial score (nSPS) is 12.6. The lowest BCUT2D eigenvalue weighted by Gasteiger charge is -2.12. The smallest absolute Gasteiger partial charge is 0.0931 e. The fraction of sp³-hybridized carbons (Fsp3) is 0.250. The molecule has 0 spiro atoms. The summed E-state index contributed by atoms with van der Waals surface area (Å²) in [6, 6.07) is 8.36. The molecule has 84 valence electrons. The van der Waals surface area contributed by atoms with Crippen molar-refractivity contribution in [3.63, 3.8) is 0 Å². The highest BCUT2D eigenvalue weighted by Gasteiger charge is 2.05. The van der Waals surface area contributed by atoms with E-state index in [0.29, 0.717) is 6.04 Å². The third kappa shape index (κ3) is 3.04. The van der Waals surface area contributed by atoms with Gasteiger partial charge in [0.1, 0.15) is 0 Å². The van der Waals surface area contributed by atoms with Crippen molar-refractivity contribution < 1.29 is 0 Å². The second-order valence-electron chi connectivity index (χ2n) is 3.59. The molecule has 2 aromatic heterocycles. The van der Waals surface area contributed by atoms with E-state index in [1.807, 2.05) is 30.6 Å². The van der Waals surface area contributed by atoms with Crippen LogP contribution in [-0.2, 0) is 6.54 Å². The van der Waals surface area contributed by atoms with Crippen LogP contribution in [0.25, 0.3) is 0 Å². The zero-order chi connectivity index (χ0) is 11.4. The van der Waals surface area contributed by atoms with Crippen LogP contribution in [0.5, 0.6) is 0 Å². The number of thiophene rings is 1. The highest BCUT2D eigenvalue weighted by Crippen LogP contribution is 2.22. The molecule has 1 unspecified atom stereocenters. The van der Waals surface area contributed by atoms with E-state index in [-0.39, 0.29) is 0 Å². The second-order valence-corrected chi connectivity index (χ2v) is 5.39. The number of pyridine rings is 1. The maximum atomic E-state index is 5.88. The SMILES string of the molecule is CC(NCc1ccc(Cl)s1)c1ccncc1. The van der Waals surface area contributed by atoms with E-state index < -0.39 is 0 Å². The molecule has 2 aromatic rings. The van der Waals surface area contributed by atoms with Gasteiger partial charge in [0.15, 0.2) is 0 Å². The zero-order valence-corrected chi connectivity index (χ0v) is 10.6. The summed E-state index contributed by atoms with van der Waals surface area (Å²) in [6.07, 6.45) is 3.63. The van der Waals surface area contributed by atoms with Gasteiger partial charge in [0, 0.05) is 29.9 Å². The van der Waals surface area contributed by atoms with E-state index in [2.05, 4.69) is 23.3 Å². The van der Waals surface area contributed by atoms with Gasteiger partial charge in [-0.1, -0.05) is 11.6 Å². The second kappa shape index (κ2) is 5.43. The van der Waals surface area contributed by atoms with Crippen molar-refractivity contribution in [3.05, 3.63) is 51.4 Å². The Hall–Kier alpha value is -0.900. The summed E-state index contributed by atoms with van der Waals surface area (Å²) in [4.78, 5) is 5.26. The molecule has 2 rings (SSSR count). The van der Waals surface area contributed by atoms with E-state index in [1.165, 1.54) is 10.4 Å². The summed E-state index contributed by atoms with van der Waals surface area (Å²) in [5.41, 5.74) is 1.25. The highest BCUT2D eigenvalue weighted by atomic mass is 35.5. The van der Waals surface area contributed by atoms with Crippen LogP contribution < -0.4 is 5.32 Å². The quantitative estimate of drug-likeness (QED) is 0.899. The molecular formula is C12H13ClN2S. The lowest BCUT2D eigenvalue weighted by atomic mass is 10.1. The molecule has 0 saturated carbocycles. The Balaban J connectivity index is 1.91. The van der Waals surface area contributed by atoms with Gasteiger partial charge in [0.25, 0.3) is 0 Å². The average Bonchev–Trinajstić information content (AvgIpc) is 2.73. The van der Waals surface area contributed by atoms with Gasteiger partial charge < -0.3 is 5.32 Å². The minimum Gasteiger partial charge on any atom is -0.305 e. The molecular weight excluding hydrogens is 240 g/mol. The number of hydrogen-bond acceptors (Lipinski definition) is 3. The van der Waals surface area contributed by atoms with Gasteiger partial charge in [-0.25, -0.2) is 0 Å². The van der Waals surface area contributed by atoms with E-state index >= 15 is 0 Å². The fourth-order valence-electron chi connectivity index (χ4n) is 1.47. The zero-order valence-electron chi connectivity index (χ0n) is 8.98. The van der Waals surface area contributed by atoms with Crippen molar-refractivity contribution in [2.24, 2.45) is 0 Å². The Kier molecular flexibility index (Phi) is 3.93. The molecule has 0 amide bonds. The standard InChI is InChI=1S/C12H13ClN2S/c1-9(10-4-6-14-7-5-10)15-8-11-2-3-12(13)16-11/h2-7,9,15H,8H2,1H3. The molecule has 0 saturated heterocycles. The van der Waals surface area contributed by atoms with Crippen LogP contribution in [0, 0.1) is 0 Å². The fourth-order valence-corrected chi connectivity index (χ4v) is 2.51. The molecule has 16 heavy (non-hydrogen) atoms. The number of halogens is 1. The monoisotopic (exact) mass is 252 g/mol. The summed E-state index contributed by atoms with van der Waals surface area (Å²) in [5, 5.41) is 3.45. The lowest BCUT2D eigenvalue weighted by molar-refractivity contribution is 0.578. The molecule has 0 aliphatic carbocycles. The number of nitrogens with zero attached hydrogens (tertiary/aromatic N) is 1. The molecule has 1 atom stereocenters. The van der Waals surface area contributed by atoms with Crippen LogP contribution in [0.1, 0.15) is 23.4 Å². The van der Waals surface area contributed by atoms with E-state index in [9.17, 15) is 0 Å². The molecule has 0 aliphatic heterocycles. The first-order valence-corrected chi connectivity index (χ1v) is 6.32. The average molecular weight is 253 g/mol. The van der Waals surface area contributed by atoms with Crippen LogP contribution in [0.2, 0.25) is 4.34 Å². The lowest BCUT2D eigenvalue weighted by Crippen LogP contribution is -2.17. The Morgan fingerprint density at radius 3 is 2.69 bits per heavy atom. The summed E-state index contributed by atoms with van der Waals surface area (Å²) in [6.45, 7) is 2.99. The van der Waals surface area contributed by atoms with Crippen molar-refractivity contribution >= 4 is 22.9 Å². The molecule has 4 heteroatoms. The van der Waals surface area contributed by atoms with Crippen LogP contribution in [0.3, 0.4) is 0 Å². The maximum absolute atomic E-state index is 5.88. The Morgan fingerprint density at radius 2 is 2.06 bits per heavy atom. The summed E-state index contributed by atoms with van der Waals surface area (Å²) in [5.74, 6) is 0. The minimum absolute atomic E-state index is 0.323. The largest absolute Gasteiger partial charge is 0.305 e. The van der Waals surface area contributed by atoms with Crippen LogP contribution in [0.15, 0.2) is 36.7 Å². The topological polar surface area (TPSA) is 24.9 Å². The van der Waals surface area contributed by atoms with Crippen molar-refractivity contribution in [3.8, 4) is 0 Å². The number of hydrogen-bond donors (Lipinski definition) is 1. The van der Waals surface area contributed by atoms with Crippen molar-refractivity contribution in [1.29, 1.82) is 0 Å². The Morgan fingerprint density at radius 1 is 1.31 bits per heavy atom. The molecule has 2 heterocycles. The first kappa shape index (κ1) is 11.6. The number of nitrogens with one attached hydrogen (secondary N) is 1. The van der Waals surface area contributed by atoms with E-state index in [0.717, 1.165) is 10.9 Å². The number of aromatic nitrogens is 1. The van der Waals surface area contributed by atoms with Crippen LogP contribution in [-0.4, -0.2) is 4.98 Å².